The fraction of sp³-hybridized carbons (Fsp3) is 0.625. The van der Waals surface area contributed by atoms with Gasteiger partial charge in [0.15, 0.2) is 5.96 Å². The van der Waals surface area contributed by atoms with Gasteiger partial charge in [0.2, 0.25) is 0 Å². The van der Waals surface area contributed by atoms with E-state index in [0.717, 1.165) is 50.6 Å². The van der Waals surface area contributed by atoms with Gasteiger partial charge in [-0.2, -0.15) is 0 Å². The Morgan fingerprint density at radius 3 is 2.45 bits per heavy atom. The summed E-state index contributed by atoms with van der Waals surface area (Å²) in [5, 5.41) is 6.58. The number of nitrogens with one attached hydrogen (secondary N) is 2. The lowest BCUT2D eigenvalue weighted by molar-refractivity contribution is 0.574. The Labute approximate surface area is 150 Å². The topological polar surface area (TPSA) is 58.4 Å². The first-order valence-electron chi connectivity index (χ1n) is 7.80. The molecule has 2 N–H and O–H groups in total. The van der Waals surface area contributed by atoms with Crippen molar-refractivity contribution in [2.24, 2.45) is 4.99 Å². The molecule has 5 nitrogen and oxygen atoms in total. The number of hydrogen-bond donors (Lipinski definition) is 2. The Hall–Kier alpha value is -1.05. The van der Waals surface area contributed by atoms with Crippen LogP contribution in [0.4, 0.5) is 0 Å². The van der Waals surface area contributed by atoms with E-state index in [-0.39, 0.29) is 29.5 Å². The van der Waals surface area contributed by atoms with Crippen molar-refractivity contribution in [3.8, 4) is 0 Å². The zero-order valence-electron chi connectivity index (χ0n) is 13.9. The van der Waals surface area contributed by atoms with Crippen LogP contribution < -0.4 is 16.2 Å². The van der Waals surface area contributed by atoms with Crippen LogP contribution in [0.15, 0.2) is 28.0 Å². The second-order valence-corrected chi connectivity index (χ2v) is 5.14. The zero-order chi connectivity index (χ0) is 15.5. The molecule has 1 heterocycles. The third-order valence-electron chi connectivity index (χ3n) is 3.42. The van der Waals surface area contributed by atoms with Crippen molar-refractivity contribution in [1.29, 1.82) is 0 Å². The fourth-order valence-corrected chi connectivity index (χ4v) is 2.12. The highest BCUT2D eigenvalue weighted by Crippen LogP contribution is 1.97. The molecule has 1 aromatic heterocycles. The van der Waals surface area contributed by atoms with Crippen molar-refractivity contribution in [3.05, 3.63) is 34.2 Å². The Kier molecular flexibility index (Phi) is 11.9. The maximum absolute atomic E-state index is 11.7. The van der Waals surface area contributed by atoms with Gasteiger partial charge in [-0.25, -0.2) is 0 Å². The lowest BCUT2D eigenvalue weighted by Gasteiger charge is -2.12. The van der Waals surface area contributed by atoms with Gasteiger partial charge in [-0.1, -0.05) is 19.4 Å². The van der Waals surface area contributed by atoms with Crippen molar-refractivity contribution in [1.82, 2.24) is 15.2 Å². The Morgan fingerprint density at radius 1 is 1.18 bits per heavy atom. The number of guanidine groups is 1. The van der Waals surface area contributed by atoms with Gasteiger partial charge < -0.3 is 15.2 Å². The molecule has 1 rings (SSSR count). The summed E-state index contributed by atoms with van der Waals surface area (Å²) in [4.78, 5) is 15.9. The van der Waals surface area contributed by atoms with E-state index in [1.165, 1.54) is 6.42 Å². The molecular formula is C16H29IN4O. The molecule has 0 radical (unpaired) electrons. The molecule has 0 fully saturated rings. The summed E-state index contributed by atoms with van der Waals surface area (Å²) >= 11 is 0. The fourth-order valence-electron chi connectivity index (χ4n) is 2.12. The molecule has 22 heavy (non-hydrogen) atoms. The number of hydrogen-bond acceptors (Lipinski definition) is 2. The summed E-state index contributed by atoms with van der Waals surface area (Å²) in [7, 11) is 1.79. The summed E-state index contributed by atoms with van der Waals surface area (Å²) in [6.07, 6.45) is 4.31. The van der Waals surface area contributed by atoms with Crippen LogP contribution >= 0.6 is 24.0 Å². The Bertz CT molecular complexity index is 499. The highest BCUT2D eigenvalue weighted by atomic mass is 127. The largest absolute Gasteiger partial charge is 0.356 e. The van der Waals surface area contributed by atoms with E-state index in [1.54, 1.807) is 13.1 Å². The molecule has 0 atom stereocenters. The third-order valence-corrected chi connectivity index (χ3v) is 3.42. The van der Waals surface area contributed by atoms with E-state index in [2.05, 4.69) is 22.5 Å². The van der Waals surface area contributed by atoms with Gasteiger partial charge in [-0.05, 0) is 32.3 Å². The molecule has 0 unspecified atom stereocenters. The van der Waals surface area contributed by atoms with Crippen molar-refractivity contribution in [2.75, 3.05) is 20.1 Å². The smallest absolute Gasteiger partial charge is 0.250 e. The lowest BCUT2D eigenvalue weighted by atomic mass is 10.3. The monoisotopic (exact) mass is 420 g/mol. The molecule has 0 bridgehead atoms. The van der Waals surface area contributed by atoms with E-state index in [9.17, 15) is 4.79 Å². The number of unbranched alkanes of at least 4 members (excludes halogenated alkanes) is 2. The number of pyridine rings is 1. The summed E-state index contributed by atoms with van der Waals surface area (Å²) < 4.78 is 1.83. The average Bonchev–Trinajstić information content (AvgIpc) is 2.47. The Balaban J connectivity index is 0.00000441. The first-order valence-corrected chi connectivity index (χ1v) is 7.80. The zero-order valence-corrected chi connectivity index (χ0v) is 16.2. The van der Waals surface area contributed by atoms with Crippen molar-refractivity contribution in [3.63, 3.8) is 0 Å². The van der Waals surface area contributed by atoms with Gasteiger partial charge in [-0.3, -0.25) is 9.79 Å². The molecule has 0 spiro atoms. The van der Waals surface area contributed by atoms with Crippen LogP contribution in [0.2, 0.25) is 0 Å². The highest BCUT2D eigenvalue weighted by molar-refractivity contribution is 14.0. The van der Waals surface area contributed by atoms with Crippen LogP contribution in [0.1, 0.15) is 38.3 Å². The van der Waals surface area contributed by atoms with E-state index < -0.39 is 0 Å². The molecule has 0 aromatic carbocycles. The molecule has 0 saturated heterocycles. The summed E-state index contributed by atoms with van der Waals surface area (Å²) in [5.74, 6) is 0.858. The maximum atomic E-state index is 11.7. The number of aryl methyl sites for hydroxylation is 1. The molecule has 0 aliphatic rings. The molecular weight excluding hydrogens is 391 g/mol. The van der Waals surface area contributed by atoms with Crippen LogP contribution in [0, 0.1) is 6.92 Å². The minimum atomic E-state index is 0. The minimum Gasteiger partial charge on any atom is -0.356 e. The van der Waals surface area contributed by atoms with Crippen LogP contribution in [0.25, 0.3) is 0 Å². The van der Waals surface area contributed by atoms with E-state index in [0.29, 0.717) is 0 Å². The van der Waals surface area contributed by atoms with Crippen LogP contribution in [-0.2, 0) is 6.54 Å². The number of rotatable bonds is 8. The maximum Gasteiger partial charge on any atom is 0.250 e. The van der Waals surface area contributed by atoms with Crippen LogP contribution in [-0.4, -0.2) is 30.7 Å². The average molecular weight is 420 g/mol. The summed E-state index contributed by atoms with van der Waals surface area (Å²) in [6.45, 7) is 6.74. The second-order valence-electron chi connectivity index (χ2n) is 5.14. The predicted molar refractivity (Wildman–Crippen MR) is 104 cm³/mol. The van der Waals surface area contributed by atoms with Gasteiger partial charge in [0.05, 0.1) is 0 Å². The molecule has 6 heteroatoms. The summed E-state index contributed by atoms with van der Waals surface area (Å²) in [6, 6.07) is 5.39. The SMILES string of the molecule is CCCCNC(=NC)NCCCCn1c(C)cccc1=O.I. The van der Waals surface area contributed by atoms with Crippen molar-refractivity contribution >= 4 is 29.9 Å². The number of aromatic nitrogens is 1. The number of nitrogens with zero attached hydrogens (tertiary/aromatic N) is 2. The van der Waals surface area contributed by atoms with E-state index in [1.807, 2.05) is 23.6 Å². The van der Waals surface area contributed by atoms with Gasteiger partial charge in [0.25, 0.3) is 5.56 Å². The number of aliphatic imine (C=N–C) groups is 1. The first kappa shape index (κ1) is 20.9. The van der Waals surface area contributed by atoms with Gasteiger partial charge >= 0.3 is 0 Å². The molecule has 0 amide bonds. The van der Waals surface area contributed by atoms with Gasteiger partial charge in [0, 0.05) is 38.4 Å². The lowest BCUT2D eigenvalue weighted by Crippen LogP contribution is -2.38. The first-order chi connectivity index (χ1) is 10.2. The van der Waals surface area contributed by atoms with Crippen LogP contribution in [0.3, 0.4) is 0 Å². The predicted octanol–water partition coefficient (Wildman–Crippen LogP) is 2.52. The van der Waals surface area contributed by atoms with Crippen molar-refractivity contribution < 1.29 is 0 Å². The molecule has 126 valence electrons. The Morgan fingerprint density at radius 2 is 1.86 bits per heavy atom. The van der Waals surface area contributed by atoms with Gasteiger partial charge in [-0.15, -0.1) is 24.0 Å². The molecule has 0 aliphatic heterocycles. The second kappa shape index (κ2) is 12.5. The van der Waals surface area contributed by atoms with Gasteiger partial charge in [0.1, 0.15) is 0 Å². The molecule has 0 saturated carbocycles. The quantitative estimate of drug-likeness (QED) is 0.294. The normalized spacial score (nSPS) is 11.0. The molecule has 0 aliphatic carbocycles. The van der Waals surface area contributed by atoms with Crippen molar-refractivity contribution in [2.45, 2.75) is 46.1 Å². The third kappa shape index (κ3) is 7.82. The highest BCUT2D eigenvalue weighted by Gasteiger charge is 1.99. The number of halogens is 1. The minimum absolute atomic E-state index is 0. The summed E-state index contributed by atoms with van der Waals surface area (Å²) in [5.41, 5.74) is 1.10. The standard InChI is InChI=1S/C16H28N4O.HI/c1-4-5-11-18-16(17-3)19-12-6-7-13-20-14(2)9-8-10-15(20)21;/h8-10H,4-7,11-13H2,1-3H3,(H2,17,18,19);1H. The molecule has 1 aromatic rings. The van der Waals surface area contributed by atoms with E-state index in [4.69, 9.17) is 0 Å². The van der Waals surface area contributed by atoms with Crippen LogP contribution in [0.5, 0.6) is 0 Å². The van der Waals surface area contributed by atoms with E-state index >= 15 is 0 Å².